The summed E-state index contributed by atoms with van der Waals surface area (Å²) in [5.74, 6) is -1.49. The van der Waals surface area contributed by atoms with Crippen molar-refractivity contribution in [2.75, 3.05) is 6.54 Å². The van der Waals surface area contributed by atoms with Crippen LogP contribution in [0.3, 0.4) is 0 Å². The Labute approximate surface area is 124 Å². The Morgan fingerprint density at radius 2 is 2.00 bits per heavy atom. The van der Waals surface area contributed by atoms with Crippen molar-refractivity contribution in [2.24, 2.45) is 11.8 Å². The highest BCUT2D eigenvalue weighted by molar-refractivity contribution is 5.95. The van der Waals surface area contributed by atoms with Crippen LogP contribution in [0.5, 0.6) is 0 Å². The molecule has 1 unspecified atom stereocenters. The van der Waals surface area contributed by atoms with Crippen LogP contribution in [0.1, 0.15) is 42.6 Å². The van der Waals surface area contributed by atoms with Gasteiger partial charge in [0.2, 0.25) is 0 Å². The summed E-state index contributed by atoms with van der Waals surface area (Å²) in [7, 11) is 0. The van der Waals surface area contributed by atoms with E-state index in [0.717, 1.165) is 0 Å². The lowest BCUT2D eigenvalue weighted by atomic mass is 9.94. The van der Waals surface area contributed by atoms with Crippen LogP contribution in [0.15, 0.2) is 18.2 Å². The number of aliphatic carboxylic acids is 1. The summed E-state index contributed by atoms with van der Waals surface area (Å²) >= 11 is 0. The van der Waals surface area contributed by atoms with Crippen molar-refractivity contribution in [3.63, 3.8) is 0 Å². The molecule has 1 rings (SSSR count). The van der Waals surface area contributed by atoms with E-state index in [0.29, 0.717) is 17.9 Å². The Morgan fingerprint density at radius 1 is 1.33 bits per heavy atom. The number of rotatable bonds is 7. The maximum atomic E-state index is 13.2. The first-order valence-corrected chi connectivity index (χ1v) is 7.05. The van der Waals surface area contributed by atoms with Crippen molar-refractivity contribution in [1.29, 1.82) is 0 Å². The van der Waals surface area contributed by atoms with Crippen LogP contribution in [0.25, 0.3) is 0 Å². The Morgan fingerprint density at radius 3 is 2.57 bits per heavy atom. The van der Waals surface area contributed by atoms with Gasteiger partial charge in [-0.1, -0.05) is 19.9 Å². The van der Waals surface area contributed by atoms with E-state index >= 15 is 0 Å². The third-order valence-corrected chi connectivity index (χ3v) is 3.26. The van der Waals surface area contributed by atoms with Gasteiger partial charge in [-0.25, -0.2) is 4.39 Å². The molecule has 4 nitrogen and oxygen atoms in total. The predicted octanol–water partition coefficient (Wildman–Crippen LogP) is 3.00. The summed E-state index contributed by atoms with van der Waals surface area (Å²) in [4.78, 5) is 22.9. The van der Waals surface area contributed by atoms with Gasteiger partial charge in [-0.2, -0.15) is 0 Å². The van der Waals surface area contributed by atoms with E-state index in [1.54, 1.807) is 13.0 Å². The standard InChI is InChI=1S/C16H22FNO3/c1-10(2)6-12(7-15(19)20)9-18-16(21)14-8-13(17)5-4-11(14)3/h4-5,8,10,12H,6-7,9H2,1-3H3,(H,18,21)(H,19,20). The lowest BCUT2D eigenvalue weighted by molar-refractivity contribution is -0.138. The molecule has 0 aliphatic carbocycles. The van der Waals surface area contributed by atoms with Gasteiger partial charge in [0.05, 0.1) is 0 Å². The number of carboxylic acids is 1. The van der Waals surface area contributed by atoms with Gasteiger partial charge in [0, 0.05) is 18.5 Å². The number of carboxylic acid groups (broad SMARTS) is 1. The van der Waals surface area contributed by atoms with Crippen molar-refractivity contribution < 1.29 is 19.1 Å². The molecule has 0 aliphatic rings. The molecule has 0 fully saturated rings. The topological polar surface area (TPSA) is 66.4 Å². The normalized spacial score (nSPS) is 12.2. The van der Waals surface area contributed by atoms with Crippen LogP contribution in [0, 0.1) is 24.6 Å². The molecular weight excluding hydrogens is 273 g/mol. The summed E-state index contributed by atoms with van der Waals surface area (Å²) in [6.07, 6.45) is 0.731. The van der Waals surface area contributed by atoms with E-state index in [1.165, 1.54) is 12.1 Å². The van der Waals surface area contributed by atoms with Gasteiger partial charge in [0.15, 0.2) is 0 Å². The molecule has 21 heavy (non-hydrogen) atoms. The second kappa shape index (κ2) is 7.76. The molecule has 2 N–H and O–H groups in total. The average Bonchev–Trinajstić information content (AvgIpc) is 2.37. The molecule has 116 valence electrons. The number of amides is 1. The SMILES string of the molecule is Cc1ccc(F)cc1C(=O)NCC(CC(=O)O)CC(C)C. The fourth-order valence-corrected chi connectivity index (χ4v) is 2.32. The van der Waals surface area contributed by atoms with Crippen LogP contribution >= 0.6 is 0 Å². The minimum Gasteiger partial charge on any atom is -0.481 e. The van der Waals surface area contributed by atoms with Crippen LogP contribution in [0.2, 0.25) is 0 Å². The fraction of sp³-hybridized carbons (Fsp3) is 0.500. The van der Waals surface area contributed by atoms with Gasteiger partial charge in [-0.15, -0.1) is 0 Å². The molecule has 5 heteroatoms. The van der Waals surface area contributed by atoms with Crippen molar-refractivity contribution in [1.82, 2.24) is 5.32 Å². The van der Waals surface area contributed by atoms with Crippen molar-refractivity contribution >= 4 is 11.9 Å². The van der Waals surface area contributed by atoms with Crippen LogP contribution in [-0.2, 0) is 4.79 Å². The Bertz CT molecular complexity index is 514. The molecule has 0 aromatic heterocycles. The summed E-state index contributed by atoms with van der Waals surface area (Å²) < 4.78 is 13.2. The second-order valence-electron chi connectivity index (χ2n) is 5.76. The summed E-state index contributed by atoms with van der Waals surface area (Å²) in [6, 6.07) is 4.05. The Kier molecular flexibility index (Phi) is 6.34. The zero-order valence-corrected chi connectivity index (χ0v) is 12.6. The summed E-state index contributed by atoms with van der Waals surface area (Å²) in [5, 5.41) is 11.6. The first-order chi connectivity index (χ1) is 9.79. The Balaban J connectivity index is 2.68. The third kappa shape index (κ3) is 5.94. The van der Waals surface area contributed by atoms with E-state index < -0.39 is 11.8 Å². The number of hydrogen-bond donors (Lipinski definition) is 2. The third-order valence-electron chi connectivity index (χ3n) is 3.26. The van der Waals surface area contributed by atoms with E-state index in [-0.39, 0.29) is 30.4 Å². The lowest BCUT2D eigenvalue weighted by Gasteiger charge is -2.18. The second-order valence-corrected chi connectivity index (χ2v) is 5.76. The summed E-state index contributed by atoms with van der Waals surface area (Å²) in [6.45, 7) is 6.03. The molecule has 0 spiro atoms. The van der Waals surface area contributed by atoms with Crippen molar-refractivity contribution in [3.05, 3.63) is 35.1 Å². The summed E-state index contributed by atoms with van der Waals surface area (Å²) in [5.41, 5.74) is 0.973. The number of benzene rings is 1. The molecule has 0 heterocycles. The van der Waals surface area contributed by atoms with Crippen molar-refractivity contribution in [2.45, 2.75) is 33.6 Å². The molecule has 0 saturated heterocycles. The molecule has 1 atom stereocenters. The quantitative estimate of drug-likeness (QED) is 0.812. The minimum absolute atomic E-state index is 0.0145. The van der Waals surface area contributed by atoms with E-state index in [2.05, 4.69) is 5.32 Å². The highest BCUT2D eigenvalue weighted by atomic mass is 19.1. The van der Waals surface area contributed by atoms with E-state index in [9.17, 15) is 14.0 Å². The largest absolute Gasteiger partial charge is 0.481 e. The van der Waals surface area contributed by atoms with E-state index in [4.69, 9.17) is 5.11 Å². The van der Waals surface area contributed by atoms with Gasteiger partial charge in [0.25, 0.3) is 5.91 Å². The van der Waals surface area contributed by atoms with Gasteiger partial charge in [0.1, 0.15) is 5.82 Å². The maximum absolute atomic E-state index is 13.2. The van der Waals surface area contributed by atoms with Gasteiger partial charge in [-0.05, 0) is 42.9 Å². The molecule has 1 aromatic carbocycles. The number of aryl methyl sites for hydroxylation is 1. The predicted molar refractivity (Wildman–Crippen MR) is 78.7 cm³/mol. The van der Waals surface area contributed by atoms with Crippen LogP contribution < -0.4 is 5.32 Å². The molecule has 0 radical (unpaired) electrons. The molecule has 0 bridgehead atoms. The molecule has 1 amide bonds. The first-order valence-electron chi connectivity index (χ1n) is 7.05. The minimum atomic E-state index is -0.878. The number of nitrogens with one attached hydrogen (secondary N) is 1. The molecule has 0 saturated carbocycles. The zero-order chi connectivity index (χ0) is 16.0. The van der Waals surface area contributed by atoms with Crippen molar-refractivity contribution in [3.8, 4) is 0 Å². The number of carbonyl (C=O) groups excluding carboxylic acids is 1. The molecule has 0 aliphatic heterocycles. The molecule has 1 aromatic rings. The average molecular weight is 295 g/mol. The highest BCUT2D eigenvalue weighted by Gasteiger charge is 2.17. The zero-order valence-electron chi connectivity index (χ0n) is 12.6. The number of hydrogen-bond acceptors (Lipinski definition) is 2. The van der Waals surface area contributed by atoms with Gasteiger partial charge >= 0.3 is 5.97 Å². The van der Waals surface area contributed by atoms with Crippen LogP contribution in [0.4, 0.5) is 4.39 Å². The van der Waals surface area contributed by atoms with Crippen LogP contribution in [-0.4, -0.2) is 23.5 Å². The smallest absolute Gasteiger partial charge is 0.303 e. The Hall–Kier alpha value is -1.91. The van der Waals surface area contributed by atoms with Gasteiger partial charge < -0.3 is 10.4 Å². The number of carbonyl (C=O) groups is 2. The monoisotopic (exact) mass is 295 g/mol. The lowest BCUT2D eigenvalue weighted by Crippen LogP contribution is -2.31. The number of halogens is 1. The van der Waals surface area contributed by atoms with E-state index in [1.807, 2.05) is 13.8 Å². The highest BCUT2D eigenvalue weighted by Crippen LogP contribution is 2.16. The maximum Gasteiger partial charge on any atom is 0.303 e. The van der Waals surface area contributed by atoms with Gasteiger partial charge in [-0.3, -0.25) is 9.59 Å². The first kappa shape index (κ1) is 17.1. The fourth-order valence-electron chi connectivity index (χ4n) is 2.32. The molecular formula is C16H22FNO3.